The maximum Gasteiger partial charge on any atom is 0.403 e. The minimum Gasteiger partial charge on any atom is -0.224 e. The predicted molar refractivity (Wildman–Crippen MR) is 50.8 cm³/mol. The molecular formula is C6H8Cl2O4S. The lowest BCUT2D eigenvalue weighted by atomic mass is 10.7. The van der Waals surface area contributed by atoms with Crippen molar-refractivity contribution in [1.29, 1.82) is 0 Å². The van der Waals surface area contributed by atoms with Gasteiger partial charge in [-0.15, -0.1) is 0 Å². The van der Waals surface area contributed by atoms with Crippen LogP contribution in [0, 0.1) is 0 Å². The average Bonchev–Trinajstić information content (AvgIpc) is 2.02. The van der Waals surface area contributed by atoms with E-state index >= 15 is 0 Å². The van der Waals surface area contributed by atoms with E-state index in [1.807, 2.05) is 0 Å². The molecule has 0 bridgehead atoms. The van der Waals surface area contributed by atoms with Crippen LogP contribution in [0.4, 0.5) is 0 Å². The molecule has 4 nitrogen and oxygen atoms in total. The van der Waals surface area contributed by atoms with Crippen molar-refractivity contribution >= 4 is 33.6 Å². The third-order valence-corrected chi connectivity index (χ3v) is 2.42. The molecule has 0 aliphatic carbocycles. The molecule has 2 unspecified atom stereocenters. The number of hydrogen-bond acceptors (Lipinski definition) is 4. The molecule has 0 saturated heterocycles. The zero-order chi connectivity index (χ0) is 10.5. The van der Waals surface area contributed by atoms with Gasteiger partial charge in [0.05, 0.1) is 0 Å². The van der Waals surface area contributed by atoms with E-state index < -0.39 is 21.5 Å². The molecule has 0 aromatic rings. The standard InChI is InChI=1S/C6H8Cl2O4S/c1-3-5(7)11-13(9,10)12-6(8)4-2/h3-6H,1-2H2. The summed E-state index contributed by atoms with van der Waals surface area (Å²) in [5, 5.41) is 0. The van der Waals surface area contributed by atoms with Gasteiger partial charge in [0.2, 0.25) is 0 Å². The highest BCUT2D eigenvalue weighted by molar-refractivity contribution is 7.82. The van der Waals surface area contributed by atoms with Crippen molar-refractivity contribution in [2.75, 3.05) is 0 Å². The molecule has 0 fully saturated rings. The van der Waals surface area contributed by atoms with E-state index in [-0.39, 0.29) is 0 Å². The van der Waals surface area contributed by atoms with E-state index in [1.165, 1.54) is 0 Å². The van der Waals surface area contributed by atoms with Gasteiger partial charge in [0, 0.05) is 0 Å². The number of hydrogen-bond donors (Lipinski definition) is 0. The molecule has 0 aliphatic heterocycles. The Balaban J connectivity index is 4.24. The third-order valence-electron chi connectivity index (χ3n) is 0.790. The Labute approximate surface area is 87.1 Å². The summed E-state index contributed by atoms with van der Waals surface area (Å²) in [6.45, 7) is 6.43. The maximum atomic E-state index is 10.9. The van der Waals surface area contributed by atoms with Crippen LogP contribution in [-0.4, -0.2) is 19.5 Å². The number of halogens is 2. The molecule has 76 valence electrons. The van der Waals surface area contributed by atoms with Crippen LogP contribution in [0.1, 0.15) is 0 Å². The van der Waals surface area contributed by atoms with Crippen molar-refractivity contribution in [3.63, 3.8) is 0 Å². The summed E-state index contributed by atoms with van der Waals surface area (Å²) in [5.41, 5.74) is -2.36. The summed E-state index contributed by atoms with van der Waals surface area (Å²) in [7, 11) is -4.21. The van der Waals surface area contributed by atoms with Crippen LogP contribution < -0.4 is 0 Å². The minimum atomic E-state index is -4.21. The molecule has 0 spiro atoms. The van der Waals surface area contributed by atoms with E-state index in [9.17, 15) is 8.42 Å². The lowest BCUT2D eigenvalue weighted by molar-refractivity contribution is 0.219. The molecule has 13 heavy (non-hydrogen) atoms. The summed E-state index contributed by atoms with van der Waals surface area (Å²) >= 11 is 10.6. The monoisotopic (exact) mass is 246 g/mol. The molecule has 0 rings (SSSR count). The van der Waals surface area contributed by atoms with E-state index in [4.69, 9.17) is 23.2 Å². The molecule has 0 saturated carbocycles. The first kappa shape index (κ1) is 12.9. The third kappa shape index (κ3) is 6.06. The Hall–Kier alpha value is -0.0700. The van der Waals surface area contributed by atoms with Crippen molar-refractivity contribution in [2.24, 2.45) is 0 Å². The van der Waals surface area contributed by atoms with Crippen molar-refractivity contribution in [3.05, 3.63) is 25.3 Å². The Bertz CT molecular complexity index is 252. The van der Waals surface area contributed by atoms with Crippen molar-refractivity contribution in [1.82, 2.24) is 0 Å². The smallest absolute Gasteiger partial charge is 0.224 e. The molecule has 0 radical (unpaired) electrons. The van der Waals surface area contributed by atoms with E-state index in [1.54, 1.807) is 0 Å². The second-order valence-corrected chi connectivity index (χ2v) is 3.84. The second kappa shape index (κ2) is 5.62. The van der Waals surface area contributed by atoms with Crippen molar-refractivity contribution < 1.29 is 16.8 Å². The fourth-order valence-electron chi connectivity index (χ4n) is 0.326. The maximum absolute atomic E-state index is 10.9. The van der Waals surface area contributed by atoms with E-state index in [0.29, 0.717) is 0 Å². The summed E-state index contributed by atoms with van der Waals surface area (Å²) in [6.07, 6.45) is 2.17. The Morgan fingerprint density at radius 3 is 1.62 bits per heavy atom. The van der Waals surface area contributed by atoms with Crippen LogP contribution in [-0.2, 0) is 18.8 Å². The van der Waals surface area contributed by atoms with Gasteiger partial charge in [-0.3, -0.25) is 0 Å². The van der Waals surface area contributed by atoms with Gasteiger partial charge in [0.15, 0.2) is 11.1 Å². The van der Waals surface area contributed by atoms with Gasteiger partial charge in [-0.1, -0.05) is 36.4 Å². The van der Waals surface area contributed by atoms with Crippen molar-refractivity contribution in [2.45, 2.75) is 11.1 Å². The molecule has 0 aliphatic rings. The van der Waals surface area contributed by atoms with Gasteiger partial charge < -0.3 is 0 Å². The first-order valence-electron chi connectivity index (χ1n) is 3.06. The van der Waals surface area contributed by atoms with Crippen LogP contribution >= 0.6 is 23.2 Å². The first-order chi connectivity index (χ1) is 5.91. The molecule has 7 heteroatoms. The van der Waals surface area contributed by atoms with Gasteiger partial charge in [0.1, 0.15) is 0 Å². The van der Waals surface area contributed by atoms with Gasteiger partial charge in [-0.25, -0.2) is 8.37 Å². The molecule has 0 amide bonds. The molecule has 0 N–H and O–H groups in total. The second-order valence-electron chi connectivity index (χ2n) is 1.77. The summed E-state index contributed by atoms with van der Waals surface area (Å²) in [6, 6.07) is 0. The van der Waals surface area contributed by atoms with Gasteiger partial charge in [-0.2, -0.15) is 8.42 Å². The molecule has 0 aromatic heterocycles. The highest BCUT2D eigenvalue weighted by Gasteiger charge is 2.19. The summed E-state index contributed by atoms with van der Waals surface area (Å²) in [5.74, 6) is 0. The fourth-order valence-corrected chi connectivity index (χ4v) is 1.51. The predicted octanol–water partition coefficient (Wildman–Crippen LogP) is 1.77. The molecule has 0 aromatic carbocycles. The Morgan fingerprint density at radius 2 is 1.38 bits per heavy atom. The van der Waals surface area contributed by atoms with Crippen LogP contribution in [0.25, 0.3) is 0 Å². The quantitative estimate of drug-likeness (QED) is 0.530. The largest absolute Gasteiger partial charge is 0.403 e. The zero-order valence-corrected chi connectivity index (χ0v) is 8.85. The lowest BCUT2D eigenvalue weighted by Crippen LogP contribution is -2.17. The average molecular weight is 247 g/mol. The fraction of sp³-hybridized carbons (Fsp3) is 0.333. The highest BCUT2D eigenvalue weighted by Crippen LogP contribution is 2.11. The molecular weight excluding hydrogens is 239 g/mol. The normalized spacial score (nSPS) is 16.2. The number of rotatable bonds is 6. The minimum absolute atomic E-state index is 1.08. The van der Waals surface area contributed by atoms with Gasteiger partial charge in [0.25, 0.3) is 0 Å². The van der Waals surface area contributed by atoms with Crippen molar-refractivity contribution in [3.8, 4) is 0 Å². The SMILES string of the molecule is C=CC(Cl)OS(=O)(=O)OC(Cl)C=C. The van der Waals surface area contributed by atoms with Gasteiger partial charge >= 0.3 is 10.4 Å². The van der Waals surface area contributed by atoms with Crippen LogP contribution in [0.3, 0.4) is 0 Å². The van der Waals surface area contributed by atoms with Gasteiger partial charge in [-0.05, 0) is 12.2 Å². The lowest BCUT2D eigenvalue weighted by Gasteiger charge is -2.08. The summed E-state index contributed by atoms with van der Waals surface area (Å²) < 4.78 is 30.2. The first-order valence-corrected chi connectivity index (χ1v) is 5.26. The summed E-state index contributed by atoms with van der Waals surface area (Å²) in [4.78, 5) is 0. The highest BCUT2D eigenvalue weighted by atomic mass is 35.5. The van der Waals surface area contributed by atoms with Crippen LogP contribution in [0.5, 0.6) is 0 Å². The van der Waals surface area contributed by atoms with E-state index in [0.717, 1.165) is 12.2 Å². The molecule has 2 atom stereocenters. The Morgan fingerprint density at radius 1 is 1.08 bits per heavy atom. The number of alkyl halides is 2. The Kier molecular flexibility index (Phi) is 5.59. The van der Waals surface area contributed by atoms with E-state index in [2.05, 4.69) is 21.5 Å². The van der Waals surface area contributed by atoms with Crippen LogP contribution in [0.2, 0.25) is 0 Å². The topological polar surface area (TPSA) is 52.6 Å². The molecule has 0 heterocycles. The van der Waals surface area contributed by atoms with Crippen LogP contribution in [0.15, 0.2) is 25.3 Å². The zero-order valence-electron chi connectivity index (χ0n) is 6.52.